The molecule has 0 radical (unpaired) electrons. The summed E-state index contributed by atoms with van der Waals surface area (Å²) in [5.74, 6) is 0.658. The second kappa shape index (κ2) is 5.55. The maximum absolute atomic E-state index is 12.9. The summed E-state index contributed by atoms with van der Waals surface area (Å²) < 4.78 is 32.2. The van der Waals surface area contributed by atoms with E-state index in [1.165, 1.54) is 16.4 Å². The fourth-order valence-corrected chi connectivity index (χ4v) is 4.44. The van der Waals surface area contributed by atoms with Crippen LogP contribution in [0.1, 0.15) is 35.9 Å². The van der Waals surface area contributed by atoms with E-state index in [2.05, 4.69) is 5.16 Å². The van der Waals surface area contributed by atoms with Crippen molar-refractivity contribution in [3.63, 3.8) is 0 Å². The third kappa shape index (κ3) is 2.51. The van der Waals surface area contributed by atoms with Gasteiger partial charge in [-0.15, -0.1) is 0 Å². The number of hydrogen-bond donors (Lipinski definition) is 0. The van der Waals surface area contributed by atoms with Crippen LogP contribution in [0.4, 0.5) is 0 Å². The smallest absolute Gasteiger partial charge is 0.243 e. The quantitative estimate of drug-likeness (QED) is 0.867. The van der Waals surface area contributed by atoms with Gasteiger partial charge in [0.05, 0.1) is 22.6 Å². The van der Waals surface area contributed by atoms with Crippen LogP contribution in [0.5, 0.6) is 0 Å². The summed E-state index contributed by atoms with van der Waals surface area (Å²) in [6.45, 7) is 2.22. The largest absolute Gasteiger partial charge is 0.361 e. The molecule has 22 heavy (non-hydrogen) atoms. The lowest BCUT2D eigenvalue weighted by Crippen LogP contribution is -2.30. The van der Waals surface area contributed by atoms with Gasteiger partial charge in [-0.1, -0.05) is 11.2 Å². The molecule has 1 saturated heterocycles. The standard InChI is InChI=1S/C15H15N3O3S/c1-11-8-14(17-21-11)15-6-3-7-18(15)22(19,20)13-5-2-4-12(9-13)10-16/h2,4-5,8-9,15H,3,6-7H2,1H3/t15-/m0/s1. The third-order valence-electron chi connectivity index (χ3n) is 3.76. The minimum Gasteiger partial charge on any atom is -0.361 e. The predicted octanol–water partition coefficient (Wildman–Crippen LogP) is 2.38. The molecule has 1 atom stereocenters. The van der Waals surface area contributed by atoms with Gasteiger partial charge in [0.1, 0.15) is 11.5 Å². The van der Waals surface area contributed by atoms with E-state index in [0.717, 1.165) is 6.42 Å². The Morgan fingerprint density at radius 1 is 1.41 bits per heavy atom. The highest BCUT2D eigenvalue weighted by molar-refractivity contribution is 7.89. The number of hydrogen-bond acceptors (Lipinski definition) is 5. The molecule has 2 aromatic rings. The zero-order chi connectivity index (χ0) is 15.7. The van der Waals surface area contributed by atoms with Crippen molar-refractivity contribution in [3.8, 4) is 6.07 Å². The van der Waals surface area contributed by atoms with E-state index < -0.39 is 10.0 Å². The third-order valence-corrected chi connectivity index (χ3v) is 5.67. The molecule has 0 bridgehead atoms. The van der Waals surface area contributed by atoms with E-state index in [4.69, 9.17) is 9.78 Å². The molecule has 0 amide bonds. The maximum atomic E-state index is 12.9. The monoisotopic (exact) mass is 317 g/mol. The number of rotatable bonds is 3. The Labute approximate surface area is 129 Å². The molecular weight excluding hydrogens is 302 g/mol. The Morgan fingerprint density at radius 2 is 2.23 bits per heavy atom. The van der Waals surface area contributed by atoms with Crippen LogP contribution in [0.25, 0.3) is 0 Å². The Bertz CT molecular complexity index is 836. The molecule has 114 valence electrons. The van der Waals surface area contributed by atoms with Crippen molar-refractivity contribution in [3.05, 3.63) is 47.3 Å². The fourth-order valence-electron chi connectivity index (χ4n) is 2.73. The molecule has 0 spiro atoms. The van der Waals surface area contributed by atoms with Crippen LogP contribution in [0.3, 0.4) is 0 Å². The van der Waals surface area contributed by atoms with Gasteiger partial charge in [0.25, 0.3) is 0 Å². The van der Waals surface area contributed by atoms with E-state index in [1.807, 2.05) is 6.07 Å². The average Bonchev–Trinajstić information content (AvgIpc) is 3.16. The van der Waals surface area contributed by atoms with Crippen molar-refractivity contribution in [2.75, 3.05) is 6.54 Å². The molecule has 2 heterocycles. The number of benzene rings is 1. The minimum atomic E-state index is -3.66. The first-order chi connectivity index (χ1) is 10.5. The summed E-state index contributed by atoms with van der Waals surface area (Å²) in [6, 6.07) is 9.50. The molecular formula is C15H15N3O3S. The van der Waals surface area contributed by atoms with Gasteiger partial charge in [-0.3, -0.25) is 0 Å². The maximum Gasteiger partial charge on any atom is 0.243 e. The van der Waals surface area contributed by atoms with Gasteiger partial charge in [0.2, 0.25) is 10.0 Å². The number of sulfonamides is 1. The second-order valence-electron chi connectivity index (χ2n) is 5.28. The molecule has 1 aromatic carbocycles. The van der Waals surface area contributed by atoms with Crippen LogP contribution >= 0.6 is 0 Å². The molecule has 0 aliphatic carbocycles. The van der Waals surface area contributed by atoms with Crippen LogP contribution in [-0.4, -0.2) is 24.4 Å². The van der Waals surface area contributed by atoms with Crippen LogP contribution in [0.2, 0.25) is 0 Å². The lowest BCUT2D eigenvalue weighted by Gasteiger charge is -2.22. The van der Waals surface area contributed by atoms with Gasteiger partial charge in [-0.25, -0.2) is 8.42 Å². The molecule has 1 fully saturated rings. The SMILES string of the molecule is Cc1cc([C@@H]2CCCN2S(=O)(=O)c2cccc(C#N)c2)no1. The normalized spacial score (nSPS) is 19.2. The highest BCUT2D eigenvalue weighted by atomic mass is 32.2. The molecule has 0 saturated carbocycles. The summed E-state index contributed by atoms with van der Waals surface area (Å²) in [4.78, 5) is 0.138. The molecule has 0 N–H and O–H groups in total. The molecule has 6 nitrogen and oxygen atoms in total. The van der Waals surface area contributed by atoms with Gasteiger partial charge < -0.3 is 4.52 Å². The van der Waals surface area contributed by atoms with E-state index in [0.29, 0.717) is 30.0 Å². The molecule has 3 rings (SSSR count). The van der Waals surface area contributed by atoms with Crippen molar-refractivity contribution in [2.45, 2.75) is 30.7 Å². The number of aryl methyl sites for hydroxylation is 1. The van der Waals surface area contributed by atoms with Crippen molar-refractivity contribution >= 4 is 10.0 Å². The molecule has 0 unspecified atom stereocenters. The van der Waals surface area contributed by atoms with Crippen molar-refractivity contribution < 1.29 is 12.9 Å². The fraction of sp³-hybridized carbons (Fsp3) is 0.333. The summed E-state index contributed by atoms with van der Waals surface area (Å²) >= 11 is 0. The highest BCUT2D eigenvalue weighted by Gasteiger charge is 2.37. The Kier molecular flexibility index (Phi) is 3.72. The first-order valence-electron chi connectivity index (χ1n) is 6.97. The molecule has 1 aliphatic rings. The number of nitrogens with zero attached hydrogens (tertiary/aromatic N) is 3. The summed E-state index contributed by atoms with van der Waals surface area (Å²) in [5, 5.41) is 12.9. The molecule has 7 heteroatoms. The van der Waals surface area contributed by atoms with Crippen LogP contribution in [-0.2, 0) is 10.0 Å². The van der Waals surface area contributed by atoms with E-state index in [-0.39, 0.29) is 10.9 Å². The van der Waals surface area contributed by atoms with E-state index in [1.54, 1.807) is 25.1 Å². The topological polar surface area (TPSA) is 87.2 Å². The Morgan fingerprint density at radius 3 is 2.91 bits per heavy atom. The number of nitriles is 1. The molecule has 1 aliphatic heterocycles. The zero-order valence-corrected chi connectivity index (χ0v) is 12.9. The van der Waals surface area contributed by atoms with Gasteiger partial charge in [0, 0.05) is 12.6 Å². The van der Waals surface area contributed by atoms with Gasteiger partial charge in [-0.05, 0) is 38.0 Å². The highest BCUT2D eigenvalue weighted by Crippen LogP contribution is 2.36. The lowest BCUT2D eigenvalue weighted by atomic mass is 10.1. The van der Waals surface area contributed by atoms with E-state index in [9.17, 15) is 8.42 Å². The van der Waals surface area contributed by atoms with E-state index >= 15 is 0 Å². The second-order valence-corrected chi connectivity index (χ2v) is 7.17. The van der Waals surface area contributed by atoms with Gasteiger partial charge in [0.15, 0.2) is 0 Å². The van der Waals surface area contributed by atoms with Crippen molar-refractivity contribution in [1.29, 1.82) is 5.26 Å². The summed E-state index contributed by atoms with van der Waals surface area (Å²) in [5.41, 5.74) is 0.962. The Hall–Kier alpha value is -2.17. The van der Waals surface area contributed by atoms with Gasteiger partial charge in [-0.2, -0.15) is 9.57 Å². The van der Waals surface area contributed by atoms with Crippen LogP contribution < -0.4 is 0 Å². The minimum absolute atomic E-state index is 0.138. The first-order valence-corrected chi connectivity index (χ1v) is 8.41. The summed E-state index contributed by atoms with van der Waals surface area (Å²) in [6.07, 6.45) is 1.48. The zero-order valence-electron chi connectivity index (χ0n) is 12.1. The predicted molar refractivity (Wildman–Crippen MR) is 78.3 cm³/mol. The van der Waals surface area contributed by atoms with Crippen LogP contribution in [0, 0.1) is 18.3 Å². The Balaban J connectivity index is 1.99. The summed E-state index contributed by atoms with van der Waals surface area (Å²) in [7, 11) is -3.66. The first kappa shape index (κ1) is 14.8. The lowest BCUT2D eigenvalue weighted by molar-refractivity contribution is 0.349. The van der Waals surface area contributed by atoms with Crippen molar-refractivity contribution in [2.24, 2.45) is 0 Å². The van der Waals surface area contributed by atoms with Gasteiger partial charge >= 0.3 is 0 Å². The number of aromatic nitrogens is 1. The van der Waals surface area contributed by atoms with Crippen LogP contribution in [0.15, 0.2) is 39.8 Å². The van der Waals surface area contributed by atoms with Crippen molar-refractivity contribution in [1.82, 2.24) is 9.46 Å². The molecule has 1 aromatic heterocycles. The average molecular weight is 317 g/mol.